The largest absolute Gasteiger partial charge is 0.459 e. The third kappa shape index (κ3) is 3.10. The molecule has 0 saturated carbocycles. The molecule has 0 radical (unpaired) electrons. The molecular formula is C15H12ClN3O4. The summed E-state index contributed by atoms with van der Waals surface area (Å²) >= 11 is 5.80. The average molecular weight is 334 g/mol. The lowest BCUT2D eigenvalue weighted by atomic mass is 10.2. The number of hydrogen-bond acceptors (Lipinski definition) is 5. The number of anilines is 1. The van der Waals surface area contributed by atoms with Crippen molar-refractivity contribution in [2.24, 2.45) is 0 Å². The summed E-state index contributed by atoms with van der Waals surface area (Å²) in [4.78, 5) is 37.2. The summed E-state index contributed by atoms with van der Waals surface area (Å²) in [6, 6.07) is 8.58. The zero-order valence-corrected chi connectivity index (χ0v) is 12.5. The number of carbonyl (C=O) groups is 3. The Morgan fingerprint density at radius 1 is 1.22 bits per heavy atom. The normalized spacial score (nSPS) is 17.6. The number of hydrogen-bond donors (Lipinski definition) is 2. The van der Waals surface area contributed by atoms with Gasteiger partial charge in [-0.05, 0) is 36.4 Å². The number of halogens is 1. The Bertz CT molecular complexity index is 743. The van der Waals surface area contributed by atoms with Crippen molar-refractivity contribution in [3.8, 4) is 0 Å². The van der Waals surface area contributed by atoms with Crippen molar-refractivity contribution < 1.29 is 18.8 Å². The van der Waals surface area contributed by atoms with Crippen LogP contribution >= 0.6 is 11.6 Å². The van der Waals surface area contributed by atoms with E-state index in [1.165, 1.54) is 12.3 Å². The second-order valence-corrected chi connectivity index (χ2v) is 5.31. The molecule has 1 aromatic carbocycles. The summed E-state index contributed by atoms with van der Waals surface area (Å²) in [5, 5.41) is 0.508. The van der Waals surface area contributed by atoms with E-state index in [4.69, 9.17) is 16.0 Å². The lowest BCUT2D eigenvalue weighted by Gasteiger charge is -2.15. The standard InChI is InChI=1S/C15H12ClN3O4/c16-9-3-5-10(6-4-9)19-13(20)8-11(15(19)22)17-18-14(21)12-2-1-7-23-12/h1-7,11,17H,8H2,(H,18,21)/t11-/m1/s1. The van der Waals surface area contributed by atoms with Gasteiger partial charge in [-0.2, -0.15) is 0 Å². The first-order valence-corrected chi connectivity index (χ1v) is 7.16. The van der Waals surface area contributed by atoms with E-state index in [9.17, 15) is 14.4 Å². The van der Waals surface area contributed by atoms with E-state index < -0.39 is 17.9 Å². The van der Waals surface area contributed by atoms with Gasteiger partial charge in [-0.3, -0.25) is 19.8 Å². The molecule has 1 saturated heterocycles. The zero-order valence-electron chi connectivity index (χ0n) is 11.8. The fourth-order valence-corrected chi connectivity index (χ4v) is 2.35. The number of benzene rings is 1. The van der Waals surface area contributed by atoms with E-state index in [1.54, 1.807) is 30.3 Å². The number of nitrogens with zero attached hydrogens (tertiary/aromatic N) is 1. The molecular weight excluding hydrogens is 322 g/mol. The topological polar surface area (TPSA) is 91.7 Å². The van der Waals surface area contributed by atoms with Crippen LogP contribution in [0, 0.1) is 0 Å². The van der Waals surface area contributed by atoms with Gasteiger partial charge in [0, 0.05) is 5.02 Å². The van der Waals surface area contributed by atoms with Crippen LogP contribution in [0.15, 0.2) is 47.1 Å². The minimum atomic E-state index is -0.836. The van der Waals surface area contributed by atoms with Gasteiger partial charge in [0.15, 0.2) is 5.76 Å². The van der Waals surface area contributed by atoms with Crippen LogP contribution in [0.3, 0.4) is 0 Å². The molecule has 0 spiro atoms. The molecule has 1 aromatic heterocycles. The average Bonchev–Trinajstić information content (AvgIpc) is 3.15. The van der Waals surface area contributed by atoms with Crippen LogP contribution in [0.2, 0.25) is 5.02 Å². The predicted octanol–water partition coefficient (Wildman–Crippen LogP) is 1.50. The van der Waals surface area contributed by atoms with E-state index in [2.05, 4.69) is 10.9 Å². The van der Waals surface area contributed by atoms with Crippen molar-refractivity contribution >= 4 is 35.0 Å². The van der Waals surface area contributed by atoms with Crippen LogP contribution in [0.4, 0.5) is 5.69 Å². The minimum Gasteiger partial charge on any atom is -0.459 e. The Hall–Kier alpha value is -2.64. The fraction of sp³-hybridized carbons (Fsp3) is 0.133. The first kappa shape index (κ1) is 15.3. The molecule has 8 heteroatoms. The smallest absolute Gasteiger partial charge is 0.301 e. The lowest BCUT2D eigenvalue weighted by Crippen LogP contribution is -2.48. The quantitative estimate of drug-likeness (QED) is 0.653. The van der Waals surface area contributed by atoms with Crippen LogP contribution in [-0.4, -0.2) is 23.8 Å². The highest BCUT2D eigenvalue weighted by Gasteiger charge is 2.39. The van der Waals surface area contributed by atoms with Crippen molar-refractivity contribution in [3.05, 3.63) is 53.4 Å². The lowest BCUT2D eigenvalue weighted by molar-refractivity contribution is -0.121. The maximum absolute atomic E-state index is 12.3. The van der Waals surface area contributed by atoms with E-state index in [1.807, 2.05) is 0 Å². The summed E-state index contributed by atoms with van der Waals surface area (Å²) in [5.74, 6) is -1.23. The molecule has 7 nitrogen and oxygen atoms in total. The summed E-state index contributed by atoms with van der Waals surface area (Å²) < 4.78 is 4.93. The van der Waals surface area contributed by atoms with E-state index in [0.717, 1.165) is 4.90 Å². The van der Waals surface area contributed by atoms with Gasteiger partial charge in [-0.25, -0.2) is 10.3 Å². The first-order valence-electron chi connectivity index (χ1n) is 6.78. The number of amides is 3. The van der Waals surface area contributed by atoms with Gasteiger partial charge in [-0.15, -0.1) is 0 Å². The number of nitrogens with one attached hydrogen (secondary N) is 2. The second kappa shape index (κ2) is 6.23. The third-order valence-corrected chi connectivity index (χ3v) is 3.59. The summed E-state index contributed by atoms with van der Waals surface area (Å²) in [6.45, 7) is 0. The highest BCUT2D eigenvalue weighted by Crippen LogP contribution is 2.24. The van der Waals surface area contributed by atoms with Gasteiger partial charge in [0.25, 0.3) is 5.91 Å². The molecule has 1 fully saturated rings. The highest BCUT2D eigenvalue weighted by atomic mass is 35.5. The predicted molar refractivity (Wildman–Crippen MR) is 81.7 cm³/mol. The monoisotopic (exact) mass is 333 g/mol. The van der Waals surface area contributed by atoms with E-state index >= 15 is 0 Å². The Kier molecular flexibility index (Phi) is 4.14. The van der Waals surface area contributed by atoms with Gasteiger partial charge < -0.3 is 4.42 Å². The number of rotatable bonds is 4. The molecule has 118 valence electrons. The SMILES string of the molecule is O=C(NN[C@@H]1CC(=O)N(c2ccc(Cl)cc2)C1=O)c1ccco1. The first-order chi connectivity index (χ1) is 11.1. The molecule has 1 aliphatic rings. The molecule has 3 rings (SSSR count). The molecule has 2 aromatic rings. The van der Waals surface area contributed by atoms with Gasteiger partial charge in [0.2, 0.25) is 5.91 Å². The molecule has 0 bridgehead atoms. The second-order valence-electron chi connectivity index (χ2n) is 4.88. The van der Waals surface area contributed by atoms with Crippen molar-refractivity contribution in [1.29, 1.82) is 0 Å². The maximum atomic E-state index is 12.3. The third-order valence-electron chi connectivity index (χ3n) is 3.34. The fourth-order valence-electron chi connectivity index (χ4n) is 2.23. The van der Waals surface area contributed by atoms with Crippen molar-refractivity contribution in [3.63, 3.8) is 0 Å². The maximum Gasteiger partial charge on any atom is 0.301 e. The number of carbonyl (C=O) groups excluding carboxylic acids is 3. The van der Waals surface area contributed by atoms with Gasteiger partial charge in [-0.1, -0.05) is 11.6 Å². The number of imide groups is 1. The summed E-state index contributed by atoms with van der Waals surface area (Å²) in [6.07, 6.45) is 1.31. The molecule has 23 heavy (non-hydrogen) atoms. The zero-order chi connectivity index (χ0) is 16.4. The Labute approximate surface area is 136 Å². The van der Waals surface area contributed by atoms with Gasteiger partial charge in [0.05, 0.1) is 18.4 Å². The molecule has 2 heterocycles. The summed E-state index contributed by atoms with van der Waals surface area (Å²) in [5.41, 5.74) is 5.36. The van der Waals surface area contributed by atoms with Gasteiger partial charge in [0.1, 0.15) is 6.04 Å². The number of furan rings is 1. The Morgan fingerprint density at radius 2 is 1.96 bits per heavy atom. The Morgan fingerprint density at radius 3 is 2.61 bits per heavy atom. The van der Waals surface area contributed by atoms with Crippen LogP contribution in [-0.2, 0) is 9.59 Å². The van der Waals surface area contributed by atoms with Gasteiger partial charge >= 0.3 is 5.91 Å². The molecule has 1 atom stereocenters. The highest BCUT2D eigenvalue weighted by molar-refractivity contribution is 6.30. The van der Waals surface area contributed by atoms with Crippen LogP contribution in [0.1, 0.15) is 17.0 Å². The van der Waals surface area contributed by atoms with Crippen LogP contribution in [0.25, 0.3) is 0 Å². The number of hydrazine groups is 1. The van der Waals surface area contributed by atoms with Crippen molar-refractivity contribution in [2.45, 2.75) is 12.5 Å². The summed E-state index contributed by atoms with van der Waals surface area (Å²) in [7, 11) is 0. The molecule has 1 aliphatic heterocycles. The van der Waals surface area contributed by atoms with Crippen molar-refractivity contribution in [2.75, 3.05) is 4.90 Å². The van der Waals surface area contributed by atoms with E-state index in [-0.39, 0.29) is 18.1 Å². The minimum absolute atomic E-state index is 0.0557. The van der Waals surface area contributed by atoms with Crippen LogP contribution in [0.5, 0.6) is 0 Å². The van der Waals surface area contributed by atoms with E-state index in [0.29, 0.717) is 10.7 Å². The molecule has 0 unspecified atom stereocenters. The molecule has 0 aliphatic carbocycles. The Balaban J connectivity index is 1.66. The molecule has 3 amide bonds. The van der Waals surface area contributed by atoms with Crippen molar-refractivity contribution in [1.82, 2.24) is 10.9 Å². The molecule has 2 N–H and O–H groups in total. The van der Waals surface area contributed by atoms with Crippen LogP contribution < -0.4 is 15.8 Å².